The maximum Gasteiger partial charge on any atom is 0.141 e. The van der Waals surface area contributed by atoms with E-state index in [1.807, 2.05) is 0 Å². The maximum atomic E-state index is 13.5. The third kappa shape index (κ3) is 3.69. The Morgan fingerprint density at radius 1 is 1.15 bits per heavy atom. The summed E-state index contributed by atoms with van der Waals surface area (Å²) in [6.07, 6.45) is 10.2. The normalized spacial score (nSPS) is 20.6. The van der Waals surface area contributed by atoms with Crippen LogP contribution < -0.4 is 10.2 Å². The van der Waals surface area contributed by atoms with Crippen molar-refractivity contribution in [2.45, 2.75) is 57.5 Å². The number of nitrogens with zero attached hydrogens (tertiary/aromatic N) is 2. The lowest BCUT2D eigenvalue weighted by molar-refractivity contribution is 0.549. The molecule has 1 aliphatic heterocycles. The minimum absolute atomic E-state index is 0.228. The van der Waals surface area contributed by atoms with E-state index in [1.165, 1.54) is 51.1 Å². The number of rotatable bonds is 4. The number of hydrogen-bond donors (Lipinski definition) is 1. The highest BCUT2D eigenvalue weighted by molar-refractivity contribution is 5.47. The first-order valence-corrected chi connectivity index (χ1v) is 7.96. The van der Waals surface area contributed by atoms with Crippen molar-refractivity contribution in [1.29, 1.82) is 0 Å². The average Bonchev–Trinajstić information content (AvgIpc) is 3.21. The highest BCUT2D eigenvalue weighted by Crippen LogP contribution is 2.24. The van der Waals surface area contributed by atoms with Gasteiger partial charge in [0.05, 0.1) is 6.20 Å². The highest BCUT2D eigenvalue weighted by Gasteiger charge is 2.22. The predicted octanol–water partition coefficient (Wildman–Crippen LogP) is 3.24. The van der Waals surface area contributed by atoms with Crippen LogP contribution in [0, 0.1) is 5.82 Å². The SMILES string of the molecule is Fc1cnc(N2CCCCCCC2)c(CNC2CC2)c1. The molecule has 110 valence electrons. The zero-order valence-electron chi connectivity index (χ0n) is 12.1. The Morgan fingerprint density at radius 3 is 2.55 bits per heavy atom. The molecule has 3 rings (SSSR count). The second kappa shape index (κ2) is 6.53. The summed E-state index contributed by atoms with van der Waals surface area (Å²) in [7, 11) is 0. The Bertz CT molecular complexity index is 437. The summed E-state index contributed by atoms with van der Waals surface area (Å²) in [6, 6.07) is 2.29. The number of hydrogen-bond acceptors (Lipinski definition) is 3. The summed E-state index contributed by atoms with van der Waals surface area (Å²) in [6.45, 7) is 2.84. The molecular formula is C16H24FN3. The van der Waals surface area contributed by atoms with Crippen LogP contribution in [0.15, 0.2) is 12.3 Å². The van der Waals surface area contributed by atoms with Crippen LogP contribution in [0.4, 0.5) is 10.2 Å². The fourth-order valence-electron chi connectivity index (χ4n) is 2.89. The van der Waals surface area contributed by atoms with Crippen molar-refractivity contribution in [3.8, 4) is 0 Å². The van der Waals surface area contributed by atoms with Crippen LogP contribution >= 0.6 is 0 Å². The van der Waals surface area contributed by atoms with Gasteiger partial charge >= 0.3 is 0 Å². The van der Waals surface area contributed by atoms with Crippen molar-refractivity contribution < 1.29 is 4.39 Å². The Labute approximate surface area is 120 Å². The largest absolute Gasteiger partial charge is 0.356 e. The first kappa shape index (κ1) is 13.8. The van der Waals surface area contributed by atoms with Crippen molar-refractivity contribution in [1.82, 2.24) is 10.3 Å². The average molecular weight is 277 g/mol. The zero-order valence-corrected chi connectivity index (χ0v) is 12.1. The lowest BCUT2D eigenvalue weighted by atomic mass is 10.1. The van der Waals surface area contributed by atoms with Gasteiger partial charge in [-0.1, -0.05) is 19.3 Å². The minimum atomic E-state index is -0.228. The predicted molar refractivity (Wildman–Crippen MR) is 79.4 cm³/mol. The third-order valence-electron chi connectivity index (χ3n) is 4.22. The second-order valence-corrected chi connectivity index (χ2v) is 6.05. The van der Waals surface area contributed by atoms with Crippen LogP contribution in [-0.4, -0.2) is 24.1 Å². The van der Waals surface area contributed by atoms with Crippen LogP contribution in [0.1, 0.15) is 50.5 Å². The Morgan fingerprint density at radius 2 is 1.85 bits per heavy atom. The van der Waals surface area contributed by atoms with Crippen LogP contribution in [-0.2, 0) is 6.54 Å². The lowest BCUT2D eigenvalue weighted by Crippen LogP contribution is -2.30. The molecule has 0 unspecified atom stereocenters. The molecule has 2 fully saturated rings. The molecule has 1 saturated heterocycles. The van der Waals surface area contributed by atoms with Gasteiger partial charge in [0.15, 0.2) is 0 Å². The fraction of sp³-hybridized carbons (Fsp3) is 0.688. The van der Waals surface area contributed by atoms with Crippen molar-refractivity contribution in [2.24, 2.45) is 0 Å². The van der Waals surface area contributed by atoms with E-state index in [2.05, 4.69) is 15.2 Å². The van der Waals surface area contributed by atoms with Gasteiger partial charge < -0.3 is 10.2 Å². The molecule has 0 radical (unpaired) electrons. The van der Waals surface area contributed by atoms with Gasteiger partial charge in [0.2, 0.25) is 0 Å². The summed E-state index contributed by atoms with van der Waals surface area (Å²) in [4.78, 5) is 6.73. The molecule has 0 atom stereocenters. The van der Waals surface area contributed by atoms with Gasteiger partial charge in [-0.3, -0.25) is 0 Å². The molecule has 1 aromatic heterocycles. The molecule has 0 amide bonds. The maximum absolute atomic E-state index is 13.5. The summed E-state index contributed by atoms with van der Waals surface area (Å²) in [5, 5.41) is 3.47. The van der Waals surface area contributed by atoms with Crippen LogP contribution in [0.2, 0.25) is 0 Å². The highest BCUT2D eigenvalue weighted by atomic mass is 19.1. The fourth-order valence-corrected chi connectivity index (χ4v) is 2.89. The summed E-state index contributed by atoms with van der Waals surface area (Å²) in [5.41, 5.74) is 1.01. The number of halogens is 1. The molecule has 1 aliphatic carbocycles. The Kier molecular flexibility index (Phi) is 4.51. The third-order valence-corrected chi connectivity index (χ3v) is 4.22. The van der Waals surface area contributed by atoms with Crippen molar-refractivity contribution >= 4 is 5.82 Å². The van der Waals surface area contributed by atoms with E-state index in [-0.39, 0.29) is 5.82 Å². The van der Waals surface area contributed by atoms with Crippen molar-refractivity contribution in [3.63, 3.8) is 0 Å². The molecule has 2 heterocycles. The number of nitrogens with one attached hydrogen (secondary N) is 1. The van der Waals surface area contributed by atoms with Gasteiger partial charge in [-0.05, 0) is 31.7 Å². The van der Waals surface area contributed by atoms with E-state index in [0.29, 0.717) is 6.04 Å². The summed E-state index contributed by atoms with van der Waals surface area (Å²) < 4.78 is 13.5. The molecule has 4 heteroatoms. The topological polar surface area (TPSA) is 28.2 Å². The summed E-state index contributed by atoms with van der Waals surface area (Å²) >= 11 is 0. The molecule has 3 nitrogen and oxygen atoms in total. The van der Waals surface area contributed by atoms with Crippen molar-refractivity contribution in [2.75, 3.05) is 18.0 Å². The molecule has 20 heavy (non-hydrogen) atoms. The molecule has 1 saturated carbocycles. The minimum Gasteiger partial charge on any atom is -0.356 e. The van der Waals surface area contributed by atoms with E-state index in [0.717, 1.165) is 31.0 Å². The van der Waals surface area contributed by atoms with Crippen LogP contribution in [0.3, 0.4) is 0 Å². The first-order valence-electron chi connectivity index (χ1n) is 7.96. The first-order chi connectivity index (χ1) is 9.83. The van der Waals surface area contributed by atoms with Gasteiger partial charge in [0.1, 0.15) is 11.6 Å². The molecule has 2 aliphatic rings. The second-order valence-electron chi connectivity index (χ2n) is 6.05. The monoisotopic (exact) mass is 277 g/mol. The van der Waals surface area contributed by atoms with E-state index in [1.54, 1.807) is 6.07 Å². The van der Waals surface area contributed by atoms with E-state index in [9.17, 15) is 4.39 Å². The quantitative estimate of drug-likeness (QED) is 0.915. The van der Waals surface area contributed by atoms with E-state index in [4.69, 9.17) is 0 Å². The van der Waals surface area contributed by atoms with Gasteiger partial charge in [-0.15, -0.1) is 0 Å². The smallest absolute Gasteiger partial charge is 0.141 e. The Hall–Kier alpha value is -1.16. The number of aromatic nitrogens is 1. The van der Waals surface area contributed by atoms with Gasteiger partial charge in [-0.2, -0.15) is 0 Å². The molecule has 0 spiro atoms. The van der Waals surface area contributed by atoms with Crippen molar-refractivity contribution in [3.05, 3.63) is 23.6 Å². The molecule has 1 aromatic rings. The van der Waals surface area contributed by atoms with Gasteiger partial charge in [0, 0.05) is 31.2 Å². The molecule has 1 N–H and O–H groups in total. The Balaban J connectivity index is 1.74. The lowest BCUT2D eigenvalue weighted by Gasteiger charge is -2.27. The standard InChI is InChI=1S/C16H24FN3/c17-14-10-13(11-18-15-6-7-15)16(19-12-14)20-8-4-2-1-3-5-9-20/h10,12,15,18H,1-9,11H2. The number of anilines is 1. The van der Waals surface area contributed by atoms with Crippen LogP contribution in [0.25, 0.3) is 0 Å². The zero-order chi connectivity index (χ0) is 13.8. The molecule has 0 bridgehead atoms. The van der Waals surface area contributed by atoms with Crippen LogP contribution in [0.5, 0.6) is 0 Å². The van der Waals surface area contributed by atoms with Gasteiger partial charge in [-0.25, -0.2) is 9.37 Å². The van der Waals surface area contributed by atoms with E-state index >= 15 is 0 Å². The molecular weight excluding hydrogens is 253 g/mol. The van der Waals surface area contributed by atoms with E-state index < -0.39 is 0 Å². The summed E-state index contributed by atoms with van der Waals surface area (Å²) in [5.74, 6) is 0.759. The van der Waals surface area contributed by atoms with Gasteiger partial charge in [0.25, 0.3) is 0 Å². The molecule has 0 aromatic carbocycles. The number of pyridine rings is 1.